The standard InChI is InChI=1S/C11H15Br2N3O2S/c12-8-6-9(13)11(10(14)7-8)15-19(17,18)16-4-2-1-3-5-16/h6-7,15H,1-5,14H2. The van der Waals surface area contributed by atoms with Crippen LogP contribution in [0.2, 0.25) is 0 Å². The van der Waals surface area contributed by atoms with Crippen LogP contribution in [0.3, 0.4) is 0 Å². The highest BCUT2D eigenvalue weighted by Gasteiger charge is 2.25. The molecule has 0 radical (unpaired) electrons. The average molecular weight is 413 g/mol. The number of rotatable bonds is 3. The van der Waals surface area contributed by atoms with Gasteiger partial charge in [0.15, 0.2) is 0 Å². The third-order valence-corrected chi connectivity index (χ3v) is 5.56. The van der Waals surface area contributed by atoms with E-state index < -0.39 is 10.2 Å². The molecule has 1 aliphatic heterocycles. The van der Waals surface area contributed by atoms with Crippen LogP contribution in [-0.4, -0.2) is 25.8 Å². The largest absolute Gasteiger partial charge is 0.397 e. The van der Waals surface area contributed by atoms with Crippen molar-refractivity contribution in [3.05, 3.63) is 21.1 Å². The molecule has 0 bridgehead atoms. The highest BCUT2D eigenvalue weighted by atomic mass is 79.9. The molecular weight excluding hydrogens is 398 g/mol. The average Bonchev–Trinajstić information content (AvgIpc) is 2.35. The van der Waals surface area contributed by atoms with E-state index in [1.165, 1.54) is 4.31 Å². The number of anilines is 2. The molecule has 1 aliphatic rings. The summed E-state index contributed by atoms with van der Waals surface area (Å²) in [6, 6.07) is 3.42. The van der Waals surface area contributed by atoms with Crippen molar-refractivity contribution in [3.63, 3.8) is 0 Å². The Labute approximate surface area is 130 Å². The Morgan fingerprint density at radius 1 is 1.16 bits per heavy atom. The zero-order valence-electron chi connectivity index (χ0n) is 10.2. The van der Waals surface area contributed by atoms with Crippen molar-refractivity contribution >= 4 is 53.4 Å². The lowest BCUT2D eigenvalue weighted by molar-refractivity contribution is 0.349. The lowest BCUT2D eigenvalue weighted by atomic mass is 10.2. The Morgan fingerprint density at radius 3 is 2.37 bits per heavy atom. The third-order valence-electron chi connectivity index (χ3n) is 2.97. The first-order chi connectivity index (χ1) is 8.90. The van der Waals surface area contributed by atoms with Crippen LogP contribution in [0.25, 0.3) is 0 Å². The van der Waals surface area contributed by atoms with Gasteiger partial charge < -0.3 is 5.73 Å². The molecule has 0 aliphatic carbocycles. The molecule has 1 saturated heterocycles. The highest BCUT2D eigenvalue weighted by Crippen LogP contribution is 2.33. The highest BCUT2D eigenvalue weighted by molar-refractivity contribution is 9.11. The molecule has 106 valence electrons. The Morgan fingerprint density at radius 2 is 1.79 bits per heavy atom. The molecule has 5 nitrogen and oxygen atoms in total. The molecule has 8 heteroatoms. The fourth-order valence-electron chi connectivity index (χ4n) is 2.00. The van der Waals surface area contributed by atoms with Crippen molar-refractivity contribution in [3.8, 4) is 0 Å². The Hall–Kier alpha value is -0.310. The minimum absolute atomic E-state index is 0.377. The zero-order valence-corrected chi connectivity index (χ0v) is 14.2. The summed E-state index contributed by atoms with van der Waals surface area (Å²) in [5.74, 6) is 0. The van der Waals surface area contributed by atoms with Gasteiger partial charge in [0.1, 0.15) is 0 Å². The number of nitrogens with two attached hydrogens (primary N) is 1. The van der Waals surface area contributed by atoms with Gasteiger partial charge in [-0.25, -0.2) is 0 Å². The number of piperidine rings is 1. The van der Waals surface area contributed by atoms with Crippen molar-refractivity contribution in [1.29, 1.82) is 0 Å². The van der Waals surface area contributed by atoms with E-state index in [9.17, 15) is 8.42 Å². The van der Waals surface area contributed by atoms with Gasteiger partial charge in [0.05, 0.1) is 11.4 Å². The third kappa shape index (κ3) is 3.62. The van der Waals surface area contributed by atoms with Crippen LogP contribution >= 0.6 is 31.9 Å². The number of nitrogen functional groups attached to an aromatic ring is 1. The van der Waals surface area contributed by atoms with Crippen LogP contribution in [0.4, 0.5) is 11.4 Å². The van der Waals surface area contributed by atoms with Crippen molar-refractivity contribution < 1.29 is 8.42 Å². The maximum absolute atomic E-state index is 12.3. The molecule has 2 rings (SSSR count). The van der Waals surface area contributed by atoms with Gasteiger partial charge >= 0.3 is 10.2 Å². The summed E-state index contributed by atoms with van der Waals surface area (Å²) in [4.78, 5) is 0. The number of benzene rings is 1. The predicted octanol–water partition coefficient (Wildman–Crippen LogP) is 2.94. The molecule has 0 aromatic heterocycles. The molecule has 0 atom stereocenters. The van der Waals surface area contributed by atoms with Gasteiger partial charge in [-0.3, -0.25) is 4.72 Å². The second-order valence-corrected chi connectivity index (χ2v) is 7.86. The second-order valence-electron chi connectivity index (χ2n) is 4.42. The molecule has 0 saturated carbocycles. The monoisotopic (exact) mass is 411 g/mol. The minimum atomic E-state index is -3.54. The maximum atomic E-state index is 12.3. The number of hydrogen-bond acceptors (Lipinski definition) is 3. The first-order valence-corrected chi connectivity index (χ1v) is 8.95. The Kier molecular flexibility index (Phi) is 4.75. The first kappa shape index (κ1) is 15.1. The number of hydrogen-bond donors (Lipinski definition) is 2. The van der Waals surface area contributed by atoms with Crippen molar-refractivity contribution in [1.82, 2.24) is 4.31 Å². The van der Waals surface area contributed by atoms with E-state index in [0.717, 1.165) is 23.7 Å². The lowest BCUT2D eigenvalue weighted by Crippen LogP contribution is -2.39. The van der Waals surface area contributed by atoms with Crippen LogP contribution in [0.15, 0.2) is 21.1 Å². The number of halogens is 2. The summed E-state index contributed by atoms with van der Waals surface area (Å²) < 4.78 is 30.0. The van der Waals surface area contributed by atoms with E-state index >= 15 is 0 Å². The molecule has 1 fully saturated rings. The summed E-state index contributed by atoms with van der Waals surface area (Å²) in [5.41, 5.74) is 6.61. The molecule has 0 unspecified atom stereocenters. The molecule has 0 amide bonds. The Balaban J connectivity index is 2.25. The molecule has 1 heterocycles. The lowest BCUT2D eigenvalue weighted by Gasteiger charge is -2.26. The minimum Gasteiger partial charge on any atom is -0.397 e. The van der Waals surface area contributed by atoms with Crippen LogP contribution < -0.4 is 10.5 Å². The van der Waals surface area contributed by atoms with Gasteiger partial charge in [-0.15, -0.1) is 0 Å². The van der Waals surface area contributed by atoms with Crippen LogP contribution in [-0.2, 0) is 10.2 Å². The van der Waals surface area contributed by atoms with Crippen LogP contribution in [0, 0.1) is 0 Å². The van der Waals surface area contributed by atoms with Gasteiger partial charge in [0.25, 0.3) is 0 Å². The van der Waals surface area contributed by atoms with Gasteiger partial charge in [0.2, 0.25) is 0 Å². The molecular formula is C11H15Br2N3O2S. The summed E-state index contributed by atoms with van der Waals surface area (Å²) in [6.07, 6.45) is 2.88. The SMILES string of the molecule is Nc1cc(Br)cc(Br)c1NS(=O)(=O)N1CCCCC1. The topological polar surface area (TPSA) is 75.4 Å². The van der Waals surface area contributed by atoms with E-state index in [1.54, 1.807) is 12.1 Å². The molecule has 1 aromatic rings. The van der Waals surface area contributed by atoms with Gasteiger partial charge in [-0.1, -0.05) is 22.4 Å². The van der Waals surface area contributed by atoms with E-state index in [2.05, 4.69) is 36.6 Å². The van der Waals surface area contributed by atoms with Crippen molar-refractivity contribution in [2.45, 2.75) is 19.3 Å². The fraction of sp³-hybridized carbons (Fsp3) is 0.455. The second kappa shape index (κ2) is 5.99. The quantitative estimate of drug-likeness (QED) is 0.749. The fourth-order valence-corrected chi connectivity index (χ4v) is 4.84. The predicted molar refractivity (Wildman–Crippen MR) is 84.2 cm³/mol. The Bertz CT molecular complexity index is 548. The van der Waals surface area contributed by atoms with Gasteiger partial charge in [-0.05, 0) is 40.9 Å². The number of nitrogens with zero attached hydrogens (tertiary/aromatic N) is 1. The van der Waals surface area contributed by atoms with Crippen molar-refractivity contribution in [2.24, 2.45) is 0 Å². The molecule has 1 aromatic carbocycles. The van der Waals surface area contributed by atoms with Gasteiger partial charge in [0, 0.05) is 22.0 Å². The van der Waals surface area contributed by atoms with E-state index in [-0.39, 0.29) is 0 Å². The molecule has 0 spiro atoms. The summed E-state index contributed by atoms with van der Waals surface area (Å²) in [5, 5.41) is 0. The van der Waals surface area contributed by atoms with E-state index in [4.69, 9.17) is 5.73 Å². The summed E-state index contributed by atoms with van der Waals surface area (Å²) >= 11 is 6.62. The summed E-state index contributed by atoms with van der Waals surface area (Å²) in [6.45, 7) is 1.12. The van der Waals surface area contributed by atoms with E-state index in [0.29, 0.717) is 28.9 Å². The summed E-state index contributed by atoms with van der Waals surface area (Å²) in [7, 11) is -3.54. The smallest absolute Gasteiger partial charge is 0.301 e. The molecule has 3 N–H and O–H groups in total. The van der Waals surface area contributed by atoms with Crippen molar-refractivity contribution in [2.75, 3.05) is 23.5 Å². The van der Waals surface area contributed by atoms with E-state index in [1.807, 2.05) is 0 Å². The van der Waals surface area contributed by atoms with Crippen LogP contribution in [0.1, 0.15) is 19.3 Å². The molecule has 19 heavy (non-hydrogen) atoms. The van der Waals surface area contributed by atoms with Gasteiger partial charge in [-0.2, -0.15) is 12.7 Å². The maximum Gasteiger partial charge on any atom is 0.301 e. The number of nitrogens with one attached hydrogen (secondary N) is 1. The first-order valence-electron chi connectivity index (χ1n) is 5.92. The normalized spacial score (nSPS) is 17.4. The zero-order chi connectivity index (χ0) is 14.0. The van der Waals surface area contributed by atoms with Crippen LogP contribution in [0.5, 0.6) is 0 Å².